The Bertz CT molecular complexity index is 514. The van der Waals surface area contributed by atoms with E-state index in [0.717, 1.165) is 5.56 Å². The minimum absolute atomic E-state index is 0.319. The largest absolute Gasteiger partial charge is 0.468 e. The summed E-state index contributed by atoms with van der Waals surface area (Å²) in [6.07, 6.45) is 0.988. The molecule has 0 saturated carbocycles. The number of ether oxygens (including phenoxy) is 1. The molecule has 6 nitrogen and oxygen atoms in total. The number of hydrogen-bond donors (Lipinski definition) is 1. The molecule has 1 N–H and O–H groups in total. The fraction of sp³-hybridized carbons (Fsp3) is 0.500. The van der Waals surface area contributed by atoms with E-state index in [2.05, 4.69) is 15.3 Å². The normalized spacial score (nSPS) is 13.1. The highest BCUT2D eigenvalue weighted by Gasteiger charge is 2.33. The van der Waals surface area contributed by atoms with Crippen LogP contribution in [0, 0.1) is 5.82 Å². The molecule has 0 aliphatic heterocycles. The first-order valence-corrected chi connectivity index (χ1v) is 6.60. The van der Waals surface area contributed by atoms with Crippen molar-refractivity contribution in [3.05, 3.63) is 46.1 Å². The van der Waals surface area contributed by atoms with Crippen molar-refractivity contribution in [3.8, 4) is 0 Å². The molecule has 21 heavy (non-hydrogen) atoms. The van der Waals surface area contributed by atoms with E-state index in [1.54, 1.807) is 19.1 Å². The lowest BCUT2D eigenvalue weighted by Gasteiger charge is -2.28. The first-order chi connectivity index (χ1) is 10.0. The molecule has 1 rings (SSSR count). The van der Waals surface area contributed by atoms with Crippen LogP contribution in [0.2, 0.25) is 0 Å². The number of benzene rings is 1. The van der Waals surface area contributed by atoms with Crippen LogP contribution in [0.4, 0.5) is 4.39 Å². The molecule has 0 saturated heterocycles. The van der Waals surface area contributed by atoms with Crippen molar-refractivity contribution in [2.75, 3.05) is 20.2 Å². The zero-order valence-corrected chi connectivity index (χ0v) is 12.2. The van der Waals surface area contributed by atoms with Gasteiger partial charge in [0.2, 0.25) is 0 Å². The molecule has 0 amide bonds. The Morgan fingerprint density at radius 1 is 1.48 bits per heavy atom. The van der Waals surface area contributed by atoms with Crippen molar-refractivity contribution in [1.82, 2.24) is 5.32 Å². The molecular weight excluding hydrogens is 275 g/mol. The van der Waals surface area contributed by atoms with Crippen molar-refractivity contribution in [2.24, 2.45) is 5.11 Å². The first-order valence-electron chi connectivity index (χ1n) is 6.60. The van der Waals surface area contributed by atoms with Gasteiger partial charge in [-0.1, -0.05) is 17.2 Å². The number of nitrogens with zero attached hydrogens (tertiary/aromatic N) is 3. The lowest BCUT2D eigenvalue weighted by Crippen LogP contribution is -2.52. The molecule has 114 valence electrons. The Kier molecular flexibility index (Phi) is 6.65. The van der Waals surface area contributed by atoms with E-state index in [-0.39, 0.29) is 5.82 Å². The number of azide groups is 1. The maximum atomic E-state index is 12.9. The van der Waals surface area contributed by atoms with Crippen LogP contribution in [0.3, 0.4) is 0 Å². The Morgan fingerprint density at radius 3 is 2.71 bits per heavy atom. The molecule has 0 aliphatic carbocycles. The Morgan fingerprint density at radius 2 is 2.14 bits per heavy atom. The van der Waals surface area contributed by atoms with Gasteiger partial charge in [0.05, 0.1) is 7.11 Å². The molecule has 1 unspecified atom stereocenters. The molecule has 0 bridgehead atoms. The fourth-order valence-corrected chi connectivity index (χ4v) is 2.00. The van der Waals surface area contributed by atoms with Crippen LogP contribution in [0.25, 0.3) is 10.4 Å². The standard InChI is InChI=1S/C14H19FN4O2/c1-14(13(20)21-2,17-8-3-9-18-19-16)10-11-4-6-12(15)7-5-11/h4-7,17H,3,8-10H2,1-2H3. The summed E-state index contributed by atoms with van der Waals surface area (Å²) in [4.78, 5) is 14.7. The van der Waals surface area contributed by atoms with E-state index in [1.165, 1.54) is 19.2 Å². The third-order valence-electron chi connectivity index (χ3n) is 3.12. The Balaban J connectivity index is 2.71. The summed E-state index contributed by atoms with van der Waals surface area (Å²) in [5, 5.41) is 6.55. The van der Waals surface area contributed by atoms with Crippen LogP contribution in [-0.4, -0.2) is 31.7 Å². The smallest absolute Gasteiger partial charge is 0.326 e. The highest BCUT2D eigenvalue weighted by molar-refractivity contribution is 5.80. The van der Waals surface area contributed by atoms with Crippen LogP contribution >= 0.6 is 0 Å². The van der Waals surface area contributed by atoms with Gasteiger partial charge in [0, 0.05) is 17.9 Å². The molecule has 0 heterocycles. The van der Waals surface area contributed by atoms with E-state index in [0.29, 0.717) is 25.9 Å². The van der Waals surface area contributed by atoms with Gasteiger partial charge >= 0.3 is 5.97 Å². The summed E-state index contributed by atoms with van der Waals surface area (Å²) in [5.74, 6) is -0.712. The third kappa shape index (κ3) is 5.41. The number of carbonyl (C=O) groups excluding carboxylic acids is 1. The summed E-state index contributed by atoms with van der Waals surface area (Å²) < 4.78 is 17.8. The topological polar surface area (TPSA) is 87.1 Å². The number of nitrogens with one attached hydrogen (secondary N) is 1. The maximum absolute atomic E-state index is 12.9. The van der Waals surface area contributed by atoms with Gasteiger partial charge in [-0.2, -0.15) is 0 Å². The minimum Gasteiger partial charge on any atom is -0.468 e. The number of carbonyl (C=O) groups is 1. The van der Waals surface area contributed by atoms with Gasteiger partial charge in [0.25, 0.3) is 0 Å². The number of halogens is 1. The van der Waals surface area contributed by atoms with Crippen LogP contribution in [0.1, 0.15) is 18.9 Å². The minimum atomic E-state index is -0.914. The maximum Gasteiger partial charge on any atom is 0.326 e. The van der Waals surface area contributed by atoms with Crippen molar-refractivity contribution in [3.63, 3.8) is 0 Å². The van der Waals surface area contributed by atoms with Crippen molar-refractivity contribution >= 4 is 5.97 Å². The number of esters is 1. The van der Waals surface area contributed by atoms with Gasteiger partial charge in [-0.25, -0.2) is 4.39 Å². The molecule has 0 fully saturated rings. The summed E-state index contributed by atoms with van der Waals surface area (Å²) in [6.45, 7) is 2.60. The molecule has 1 aromatic carbocycles. The summed E-state index contributed by atoms with van der Waals surface area (Å²) in [5.41, 5.74) is 8.11. The van der Waals surface area contributed by atoms with Crippen molar-refractivity contribution in [1.29, 1.82) is 0 Å². The third-order valence-corrected chi connectivity index (χ3v) is 3.12. The van der Waals surface area contributed by atoms with E-state index in [1.807, 2.05) is 0 Å². The lowest BCUT2D eigenvalue weighted by molar-refractivity contribution is -0.147. The highest BCUT2D eigenvalue weighted by atomic mass is 19.1. The average molecular weight is 294 g/mol. The Labute approximate surface area is 122 Å². The lowest BCUT2D eigenvalue weighted by atomic mass is 9.92. The van der Waals surface area contributed by atoms with Crippen LogP contribution in [-0.2, 0) is 16.0 Å². The van der Waals surface area contributed by atoms with Crippen LogP contribution < -0.4 is 5.32 Å². The van der Waals surface area contributed by atoms with Gasteiger partial charge < -0.3 is 10.1 Å². The van der Waals surface area contributed by atoms with E-state index in [9.17, 15) is 9.18 Å². The van der Waals surface area contributed by atoms with Gasteiger partial charge in [-0.3, -0.25) is 4.79 Å². The molecule has 0 aromatic heterocycles. The van der Waals surface area contributed by atoms with Gasteiger partial charge in [-0.15, -0.1) is 0 Å². The predicted molar refractivity (Wildman–Crippen MR) is 77.2 cm³/mol. The van der Waals surface area contributed by atoms with Crippen LogP contribution in [0.15, 0.2) is 29.4 Å². The molecule has 0 spiro atoms. The van der Waals surface area contributed by atoms with E-state index >= 15 is 0 Å². The van der Waals surface area contributed by atoms with Crippen molar-refractivity contribution in [2.45, 2.75) is 25.3 Å². The zero-order chi connectivity index (χ0) is 15.7. The number of hydrogen-bond acceptors (Lipinski definition) is 4. The van der Waals surface area contributed by atoms with Gasteiger partial charge in [-0.05, 0) is 43.1 Å². The molecule has 0 aliphatic rings. The Hall–Kier alpha value is -2.11. The molecule has 1 aromatic rings. The first kappa shape index (κ1) is 16.9. The van der Waals surface area contributed by atoms with E-state index in [4.69, 9.17) is 10.3 Å². The molecule has 0 radical (unpaired) electrons. The average Bonchev–Trinajstić information content (AvgIpc) is 2.48. The number of methoxy groups -OCH3 is 1. The molecular formula is C14H19FN4O2. The second-order valence-corrected chi connectivity index (χ2v) is 4.86. The monoisotopic (exact) mass is 294 g/mol. The van der Waals surface area contributed by atoms with E-state index < -0.39 is 11.5 Å². The highest BCUT2D eigenvalue weighted by Crippen LogP contribution is 2.16. The molecule has 7 heteroatoms. The predicted octanol–water partition coefficient (Wildman–Crippen LogP) is 2.59. The number of rotatable bonds is 8. The molecule has 1 atom stereocenters. The second kappa shape index (κ2) is 8.24. The second-order valence-electron chi connectivity index (χ2n) is 4.86. The summed E-state index contributed by atoms with van der Waals surface area (Å²) >= 11 is 0. The summed E-state index contributed by atoms with van der Waals surface area (Å²) in [6, 6.07) is 5.99. The fourth-order valence-electron chi connectivity index (χ4n) is 2.00. The summed E-state index contributed by atoms with van der Waals surface area (Å²) in [7, 11) is 1.33. The van der Waals surface area contributed by atoms with Crippen LogP contribution in [0.5, 0.6) is 0 Å². The van der Waals surface area contributed by atoms with Crippen molar-refractivity contribution < 1.29 is 13.9 Å². The zero-order valence-electron chi connectivity index (χ0n) is 12.2. The SMILES string of the molecule is COC(=O)C(C)(Cc1ccc(F)cc1)NCCCN=[N+]=[N-]. The van der Waals surface area contributed by atoms with Gasteiger partial charge in [0.1, 0.15) is 11.4 Å². The van der Waals surface area contributed by atoms with Gasteiger partial charge in [0.15, 0.2) is 0 Å². The quantitative estimate of drug-likeness (QED) is 0.263.